The van der Waals surface area contributed by atoms with Crippen LogP contribution < -0.4 is 0 Å². The predicted molar refractivity (Wildman–Crippen MR) is 44.9 cm³/mol. The summed E-state index contributed by atoms with van der Waals surface area (Å²) in [6, 6.07) is 5.75. The summed E-state index contributed by atoms with van der Waals surface area (Å²) in [6.07, 6.45) is 0. The maximum absolute atomic E-state index is 11.0. The third-order valence-electron chi connectivity index (χ3n) is 2.13. The number of hydrogen-bond donors (Lipinski definition) is 0. The van der Waals surface area contributed by atoms with E-state index >= 15 is 0 Å². The Morgan fingerprint density at radius 1 is 1.33 bits per heavy atom. The first-order valence-corrected chi connectivity index (χ1v) is 3.98. The smallest absolute Gasteiger partial charge is 0.159 e. The van der Waals surface area contributed by atoms with Gasteiger partial charge in [0.25, 0.3) is 0 Å². The number of Topliss-reactive ketones (excluding diaryl/α,β-unsaturated/α-hetero) is 1. The van der Waals surface area contributed by atoms with Gasteiger partial charge in [-0.2, -0.15) is 0 Å². The molecule has 0 radical (unpaired) electrons. The average molecular weight is 162 g/mol. The number of ketones is 1. The second-order valence-electron chi connectivity index (χ2n) is 3.03. The summed E-state index contributed by atoms with van der Waals surface area (Å²) in [4.78, 5) is 11.0. The van der Waals surface area contributed by atoms with Gasteiger partial charge in [-0.25, -0.2) is 0 Å². The highest BCUT2D eigenvalue weighted by Crippen LogP contribution is 2.20. The van der Waals surface area contributed by atoms with Gasteiger partial charge < -0.3 is 4.74 Å². The van der Waals surface area contributed by atoms with Crippen LogP contribution >= 0.6 is 0 Å². The van der Waals surface area contributed by atoms with E-state index < -0.39 is 0 Å². The molecule has 0 amide bonds. The molecule has 1 heterocycles. The van der Waals surface area contributed by atoms with Crippen LogP contribution in [0.25, 0.3) is 0 Å². The molecule has 0 aromatic heterocycles. The van der Waals surface area contributed by atoms with Gasteiger partial charge in [-0.1, -0.05) is 12.1 Å². The highest BCUT2D eigenvalue weighted by molar-refractivity contribution is 5.94. The monoisotopic (exact) mass is 162 g/mol. The van der Waals surface area contributed by atoms with Crippen LogP contribution in [0.15, 0.2) is 18.2 Å². The minimum Gasteiger partial charge on any atom is -0.372 e. The molecule has 0 saturated heterocycles. The van der Waals surface area contributed by atoms with Crippen molar-refractivity contribution in [3.8, 4) is 0 Å². The highest BCUT2D eigenvalue weighted by atomic mass is 16.5. The first kappa shape index (κ1) is 7.50. The highest BCUT2D eigenvalue weighted by Gasteiger charge is 2.11. The van der Waals surface area contributed by atoms with Crippen LogP contribution in [-0.4, -0.2) is 5.78 Å². The zero-order valence-electron chi connectivity index (χ0n) is 6.96. The van der Waals surface area contributed by atoms with Crippen molar-refractivity contribution in [3.05, 3.63) is 34.9 Å². The number of benzene rings is 1. The number of ether oxygens (including phenoxy) is 1. The van der Waals surface area contributed by atoms with E-state index in [2.05, 4.69) is 0 Å². The minimum absolute atomic E-state index is 0.115. The van der Waals surface area contributed by atoms with E-state index in [1.54, 1.807) is 6.92 Å². The Bertz CT molecular complexity index is 329. The number of carbonyl (C=O) groups is 1. The summed E-state index contributed by atoms with van der Waals surface area (Å²) in [5, 5.41) is 0. The van der Waals surface area contributed by atoms with Crippen LogP contribution in [0.5, 0.6) is 0 Å². The lowest BCUT2D eigenvalue weighted by Crippen LogP contribution is -1.93. The summed E-state index contributed by atoms with van der Waals surface area (Å²) in [5.74, 6) is 0.115. The molecule has 0 atom stereocenters. The summed E-state index contributed by atoms with van der Waals surface area (Å²) in [5.41, 5.74) is 3.14. The Balaban J connectivity index is 2.45. The Morgan fingerprint density at radius 3 is 2.83 bits per heavy atom. The normalized spacial score (nSPS) is 14.4. The molecule has 2 nitrogen and oxygen atoms in total. The van der Waals surface area contributed by atoms with Crippen molar-refractivity contribution in [1.29, 1.82) is 0 Å². The maximum Gasteiger partial charge on any atom is 0.159 e. The third-order valence-corrected chi connectivity index (χ3v) is 2.13. The first-order valence-electron chi connectivity index (χ1n) is 3.98. The van der Waals surface area contributed by atoms with Gasteiger partial charge in [0.15, 0.2) is 5.78 Å². The molecule has 1 aliphatic rings. The van der Waals surface area contributed by atoms with E-state index in [9.17, 15) is 4.79 Å². The summed E-state index contributed by atoms with van der Waals surface area (Å²) in [6.45, 7) is 2.92. The largest absolute Gasteiger partial charge is 0.372 e. The Labute approximate surface area is 71.2 Å². The lowest BCUT2D eigenvalue weighted by molar-refractivity contribution is 0.101. The number of rotatable bonds is 1. The molecule has 2 rings (SSSR count). The average Bonchev–Trinajstić information content (AvgIpc) is 2.49. The molecule has 0 saturated carbocycles. The minimum atomic E-state index is 0.115. The van der Waals surface area contributed by atoms with Crippen molar-refractivity contribution in [1.82, 2.24) is 0 Å². The third kappa shape index (κ3) is 1.14. The predicted octanol–water partition coefficient (Wildman–Crippen LogP) is 1.92. The van der Waals surface area contributed by atoms with E-state index in [4.69, 9.17) is 4.74 Å². The van der Waals surface area contributed by atoms with Gasteiger partial charge in [0.1, 0.15) is 0 Å². The van der Waals surface area contributed by atoms with Crippen LogP contribution in [0.4, 0.5) is 0 Å². The fraction of sp³-hybridized carbons (Fsp3) is 0.300. The number of fused-ring (bicyclic) bond motifs is 1. The number of hydrogen-bond acceptors (Lipinski definition) is 2. The molecule has 1 aromatic carbocycles. The van der Waals surface area contributed by atoms with Gasteiger partial charge in [0.05, 0.1) is 13.2 Å². The zero-order valence-corrected chi connectivity index (χ0v) is 6.96. The van der Waals surface area contributed by atoms with Crippen LogP contribution in [0.3, 0.4) is 0 Å². The fourth-order valence-corrected chi connectivity index (χ4v) is 1.39. The van der Waals surface area contributed by atoms with Gasteiger partial charge in [0, 0.05) is 5.56 Å². The van der Waals surface area contributed by atoms with Gasteiger partial charge in [-0.15, -0.1) is 0 Å². The quantitative estimate of drug-likeness (QED) is 0.590. The molecule has 0 bridgehead atoms. The Kier molecular flexibility index (Phi) is 1.70. The molecule has 0 fully saturated rings. The molecule has 62 valence electrons. The molecular formula is C10H10O2. The zero-order chi connectivity index (χ0) is 8.55. The molecule has 0 aliphatic carbocycles. The van der Waals surface area contributed by atoms with Crippen LogP contribution in [0.2, 0.25) is 0 Å². The summed E-state index contributed by atoms with van der Waals surface area (Å²) in [7, 11) is 0. The van der Waals surface area contributed by atoms with Crippen LogP contribution in [0.1, 0.15) is 28.4 Å². The van der Waals surface area contributed by atoms with Crippen molar-refractivity contribution in [2.75, 3.05) is 0 Å². The summed E-state index contributed by atoms with van der Waals surface area (Å²) >= 11 is 0. The van der Waals surface area contributed by atoms with E-state index in [1.165, 1.54) is 5.56 Å². The van der Waals surface area contributed by atoms with Crippen molar-refractivity contribution >= 4 is 5.78 Å². The molecule has 1 aliphatic heterocycles. The first-order chi connectivity index (χ1) is 5.77. The van der Waals surface area contributed by atoms with Crippen molar-refractivity contribution in [3.63, 3.8) is 0 Å². The van der Waals surface area contributed by atoms with Crippen molar-refractivity contribution in [2.45, 2.75) is 20.1 Å². The van der Waals surface area contributed by atoms with E-state index in [1.807, 2.05) is 18.2 Å². The van der Waals surface area contributed by atoms with Gasteiger partial charge in [-0.05, 0) is 24.1 Å². The molecular weight excluding hydrogens is 152 g/mol. The van der Waals surface area contributed by atoms with E-state index in [-0.39, 0.29) is 5.78 Å². The molecule has 0 spiro atoms. The molecule has 2 heteroatoms. The SMILES string of the molecule is CC(=O)c1ccc2c(c1)COC2. The lowest BCUT2D eigenvalue weighted by atomic mass is 10.0. The van der Waals surface area contributed by atoms with Crippen LogP contribution in [-0.2, 0) is 18.0 Å². The Morgan fingerprint density at radius 2 is 2.08 bits per heavy atom. The maximum atomic E-state index is 11.0. The van der Waals surface area contributed by atoms with Crippen molar-refractivity contribution < 1.29 is 9.53 Å². The number of carbonyl (C=O) groups excluding carboxylic acids is 1. The standard InChI is InChI=1S/C10H10O2/c1-7(11)8-2-3-9-5-12-6-10(9)4-8/h2-4H,5-6H2,1H3. The van der Waals surface area contributed by atoms with Gasteiger partial charge in [0.2, 0.25) is 0 Å². The summed E-state index contributed by atoms with van der Waals surface area (Å²) < 4.78 is 5.24. The van der Waals surface area contributed by atoms with E-state index in [0.717, 1.165) is 11.1 Å². The van der Waals surface area contributed by atoms with Gasteiger partial charge >= 0.3 is 0 Å². The van der Waals surface area contributed by atoms with Crippen LogP contribution in [0, 0.1) is 0 Å². The Hall–Kier alpha value is -1.15. The molecule has 1 aromatic rings. The lowest BCUT2D eigenvalue weighted by Gasteiger charge is -1.98. The van der Waals surface area contributed by atoms with E-state index in [0.29, 0.717) is 13.2 Å². The topological polar surface area (TPSA) is 26.3 Å². The fourth-order valence-electron chi connectivity index (χ4n) is 1.39. The molecule has 0 N–H and O–H groups in total. The molecule has 12 heavy (non-hydrogen) atoms. The second-order valence-corrected chi connectivity index (χ2v) is 3.03. The van der Waals surface area contributed by atoms with Gasteiger partial charge in [-0.3, -0.25) is 4.79 Å². The van der Waals surface area contributed by atoms with Crippen molar-refractivity contribution in [2.24, 2.45) is 0 Å². The molecule has 0 unspecified atom stereocenters. The second kappa shape index (κ2) is 2.72.